The van der Waals surface area contributed by atoms with Crippen LogP contribution in [0.4, 0.5) is 0 Å². The van der Waals surface area contributed by atoms with Crippen molar-refractivity contribution in [1.82, 2.24) is 0 Å². The summed E-state index contributed by atoms with van der Waals surface area (Å²) in [6.07, 6.45) is 1.04. The van der Waals surface area contributed by atoms with E-state index in [1.807, 2.05) is 18.2 Å². The lowest BCUT2D eigenvalue weighted by atomic mass is 9.79. The molecule has 20 heavy (non-hydrogen) atoms. The van der Waals surface area contributed by atoms with Crippen LogP contribution in [0.25, 0.3) is 0 Å². The minimum Gasteiger partial charge on any atom is -0.403 e. The molecule has 0 amide bonds. The second-order valence-electron chi connectivity index (χ2n) is 6.83. The lowest BCUT2D eigenvalue weighted by molar-refractivity contribution is 0.00578. The van der Waals surface area contributed by atoms with Crippen LogP contribution in [-0.4, -0.2) is 18.3 Å². The van der Waals surface area contributed by atoms with Crippen LogP contribution in [-0.2, 0) is 9.31 Å². The molecule has 0 radical (unpaired) electrons. The summed E-state index contributed by atoms with van der Waals surface area (Å²) in [6, 6.07) is 10.1. The van der Waals surface area contributed by atoms with Crippen LogP contribution in [0.5, 0.6) is 0 Å². The maximum Gasteiger partial charge on any atom is 0.461 e. The predicted octanol–water partition coefficient (Wildman–Crippen LogP) is 3.51. The standard InChI is InChI=1S/C16H20BNO2/c1-15(2)16(3,4)20-17(19-15)14-9-13(14)12-8-6-5-7-11(12)10-18/h5-8,13-14H,9H2,1-4H3. The molecule has 2 aliphatic rings. The lowest BCUT2D eigenvalue weighted by Gasteiger charge is -2.32. The summed E-state index contributed by atoms with van der Waals surface area (Å²) in [6.45, 7) is 8.31. The van der Waals surface area contributed by atoms with Crippen molar-refractivity contribution in [2.45, 2.75) is 57.1 Å². The average Bonchev–Trinajstić information content (AvgIpc) is 3.13. The minimum absolute atomic E-state index is 0.156. The van der Waals surface area contributed by atoms with Gasteiger partial charge in [0.05, 0.1) is 22.8 Å². The molecule has 3 nitrogen and oxygen atoms in total. The SMILES string of the molecule is CC1(C)OB(C2CC2c2ccccc2C#N)OC1(C)C. The molecule has 1 aromatic rings. The summed E-state index contributed by atoms with van der Waals surface area (Å²) in [7, 11) is -0.156. The number of nitriles is 1. The van der Waals surface area contributed by atoms with Gasteiger partial charge in [-0.3, -0.25) is 0 Å². The van der Waals surface area contributed by atoms with Gasteiger partial charge in [0.2, 0.25) is 0 Å². The van der Waals surface area contributed by atoms with Gasteiger partial charge in [0.1, 0.15) is 0 Å². The van der Waals surface area contributed by atoms with Crippen LogP contribution in [0.15, 0.2) is 24.3 Å². The van der Waals surface area contributed by atoms with Crippen molar-refractivity contribution in [3.05, 3.63) is 35.4 Å². The molecule has 0 N–H and O–H groups in total. The van der Waals surface area contributed by atoms with E-state index >= 15 is 0 Å². The number of benzene rings is 1. The predicted molar refractivity (Wildman–Crippen MR) is 78.3 cm³/mol. The van der Waals surface area contributed by atoms with Gasteiger partial charge in [-0.15, -0.1) is 0 Å². The van der Waals surface area contributed by atoms with Gasteiger partial charge in [0.25, 0.3) is 0 Å². The van der Waals surface area contributed by atoms with Crippen LogP contribution < -0.4 is 0 Å². The molecule has 1 aliphatic heterocycles. The fourth-order valence-electron chi connectivity index (χ4n) is 2.86. The second-order valence-corrected chi connectivity index (χ2v) is 6.83. The van der Waals surface area contributed by atoms with E-state index in [1.54, 1.807) is 0 Å². The van der Waals surface area contributed by atoms with E-state index in [4.69, 9.17) is 9.31 Å². The van der Waals surface area contributed by atoms with Gasteiger partial charge in [-0.25, -0.2) is 0 Å². The van der Waals surface area contributed by atoms with Crippen molar-refractivity contribution in [3.8, 4) is 6.07 Å². The molecule has 1 aromatic carbocycles. The normalized spacial score (nSPS) is 30.1. The Labute approximate surface area is 121 Å². The largest absolute Gasteiger partial charge is 0.461 e. The molecule has 104 valence electrons. The van der Waals surface area contributed by atoms with E-state index in [-0.39, 0.29) is 18.3 Å². The molecule has 2 atom stereocenters. The maximum absolute atomic E-state index is 9.20. The Morgan fingerprint density at radius 1 is 1.15 bits per heavy atom. The van der Waals surface area contributed by atoms with E-state index < -0.39 is 0 Å². The summed E-state index contributed by atoms with van der Waals surface area (Å²) in [5.74, 6) is 0.756. The summed E-state index contributed by atoms with van der Waals surface area (Å²) >= 11 is 0. The first-order valence-corrected chi connectivity index (χ1v) is 7.20. The average molecular weight is 269 g/mol. The monoisotopic (exact) mass is 269 g/mol. The van der Waals surface area contributed by atoms with Gasteiger partial charge in [-0.2, -0.15) is 5.26 Å². The van der Waals surface area contributed by atoms with Gasteiger partial charge in [-0.05, 0) is 51.7 Å². The molecule has 1 heterocycles. The Balaban J connectivity index is 1.77. The first-order chi connectivity index (χ1) is 9.36. The summed E-state index contributed by atoms with van der Waals surface area (Å²) in [5.41, 5.74) is 1.35. The zero-order chi connectivity index (χ0) is 14.5. The topological polar surface area (TPSA) is 42.2 Å². The Bertz CT molecular complexity index is 560. The van der Waals surface area contributed by atoms with Crippen molar-refractivity contribution in [3.63, 3.8) is 0 Å². The highest BCUT2D eigenvalue weighted by Crippen LogP contribution is 2.58. The highest BCUT2D eigenvalue weighted by atomic mass is 16.7. The van der Waals surface area contributed by atoms with Crippen LogP contribution >= 0.6 is 0 Å². The van der Waals surface area contributed by atoms with Crippen molar-refractivity contribution < 1.29 is 9.31 Å². The number of hydrogen-bond donors (Lipinski definition) is 0. The number of nitrogens with zero attached hydrogens (tertiary/aromatic N) is 1. The molecule has 1 saturated heterocycles. The minimum atomic E-state index is -0.278. The quantitative estimate of drug-likeness (QED) is 0.771. The van der Waals surface area contributed by atoms with E-state index in [1.165, 1.54) is 0 Å². The summed E-state index contributed by atoms with van der Waals surface area (Å²) in [5, 5.41) is 9.20. The highest BCUT2D eigenvalue weighted by Gasteiger charge is 2.60. The molecule has 0 aromatic heterocycles. The second kappa shape index (κ2) is 4.34. The molecular weight excluding hydrogens is 249 g/mol. The first kappa shape index (κ1) is 13.7. The van der Waals surface area contributed by atoms with Crippen LogP contribution in [0.2, 0.25) is 5.82 Å². The molecule has 0 bridgehead atoms. The van der Waals surface area contributed by atoms with Gasteiger partial charge in [-0.1, -0.05) is 18.2 Å². The Hall–Kier alpha value is -1.31. The molecule has 1 aliphatic carbocycles. The van der Waals surface area contributed by atoms with E-state index in [0.29, 0.717) is 11.7 Å². The smallest absolute Gasteiger partial charge is 0.403 e. The molecule has 2 fully saturated rings. The molecule has 2 unspecified atom stereocenters. The molecule has 4 heteroatoms. The number of rotatable bonds is 2. The van der Waals surface area contributed by atoms with Crippen molar-refractivity contribution in [2.75, 3.05) is 0 Å². The Morgan fingerprint density at radius 2 is 1.75 bits per heavy atom. The zero-order valence-electron chi connectivity index (χ0n) is 12.5. The third-order valence-corrected chi connectivity index (χ3v) is 4.94. The van der Waals surface area contributed by atoms with E-state index in [2.05, 4.69) is 39.8 Å². The maximum atomic E-state index is 9.20. The van der Waals surface area contributed by atoms with Gasteiger partial charge >= 0.3 is 7.12 Å². The fourth-order valence-corrected chi connectivity index (χ4v) is 2.86. The van der Waals surface area contributed by atoms with Crippen molar-refractivity contribution in [1.29, 1.82) is 5.26 Å². The Kier molecular flexibility index (Phi) is 2.97. The number of hydrogen-bond acceptors (Lipinski definition) is 3. The first-order valence-electron chi connectivity index (χ1n) is 7.20. The van der Waals surface area contributed by atoms with Crippen LogP contribution in [0.3, 0.4) is 0 Å². The van der Waals surface area contributed by atoms with Crippen molar-refractivity contribution >= 4 is 7.12 Å². The third-order valence-electron chi connectivity index (χ3n) is 4.94. The lowest BCUT2D eigenvalue weighted by Crippen LogP contribution is -2.41. The van der Waals surface area contributed by atoms with Crippen molar-refractivity contribution in [2.24, 2.45) is 0 Å². The van der Waals surface area contributed by atoms with Gasteiger partial charge < -0.3 is 9.31 Å². The van der Waals surface area contributed by atoms with Gasteiger partial charge in [0, 0.05) is 5.82 Å². The fraction of sp³-hybridized carbons (Fsp3) is 0.562. The molecule has 0 spiro atoms. The third kappa shape index (κ3) is 2.06. The molecule has 3 rings (SSSR count). The van der Waals surface area contributed by atoms with E-state index in [9.17, 15) is 5.26 Å². The highest BCUT2D eigenvalue weighted by molar-refractivity contribution is 6.49. The Morgan fingerprint density at radius 3 is 2.35 bits per heavy atom. The summed E-state index contributed by atoms with van der Waals surface area (Å²) in [4.78, 5) is 0. The van der Waals surface area contributed by atoms with Crippen LogP contribution in [0.1, 0.15) is 51.2 Å². The van der Waals surface area contributed by atoms with Crippen LogP contribution in [0, 0.1) is 11.3 Å². The molecule has 1 saturated carbocycles. The zero-order valence-corrected chi connectivity index (χ0v) is 12.5. The molecular formula is C16H20BNO2. The van der Waals surface area contributed by atoms with E-state index in [0.717, 1.165) is 17.5 Å². The summed E-state index contributed by atoms with van der Waals surface area (Å²) < 4.78 is 12.2. The van der Waals surface area contributed by atoms with Gasteiger partial charge in [0.15, 0.2) is 0 Å².